The van der Waals surface area contributed by atoms with Crippen LogP contribution in [-0.2, 0) is 19.3 Å². The van der Waals surface area contributed by atoms with E-state index in [0.717, 1.165) is 0 Å². The van der Waals surface area contributed by atoms with Crippen molar-refractivity contribution in [2.45, 2.75) is 55.7 Å². The van der Waals surface area contributed by atoms with E-state index in [1.54, 1.807) is 44.2 Å². The van der Waals surface area contributed by atoms with E-state index in [-0.39, 0.29) is 16.7 Å². The third-order valence-electron chi connectivity index (χ3n) is 7.11. The number of carbonyl (C=O) groups excluding carboxylic acids is 1. The molecule has 3 aromatic rings. The lowest BCUT2D eigenvalue weighted by molar-refractivity contribution is 0.0985. The van der Waals surface area contributed by atoms with Crippen molar-refractivity contribution in [2.75, 3.05) is 36.5 Å². The molecule has 2 amide bonds. The number of anilines is 2. The smallest absolute Gasteiger partial charge is 0.319 e. The normalized spacial score (nSPS) is 18.6. The topological polar surface area (TPSA) is 140 Å². The Morgan fingerprint density at radius 3 is 2.52 bits per heavy atom. The van der Waals surface area contributed by atoms with Crippen molar-refractivity contribution in [3.05, 3.63) is 47.5 Å². The van der Waals surface area contributed by atoms with Crippen LogP contribution >= 0.6 is 0 Å². The lowest BCUT2D eigenvalue weighted by Gasteiger charge is -2.34. The molecule has 1 saturated carbocycles. The number of sulfone groups is 1. The first-order valence-electron chi connectivity index (χ1n) is 12.9. The fourth-order valence-electron chi connectivity index (χ4n) is 4.89. The summed E-state index contributed by atoms with van der Waals surface area (Å²) in [6.07, 6.45) is -1.87. The maximum atomic E-state index is 14.0. The average molecular weight is 577 g/mol. The highest BCUT2D eigenvalue weighted by molar-refractivity contribution is 7.92. The van der Waals surface area contributed by atoms with Gasteiger partial charge in [0.05, 0.1) is 37.2 Å². The summed E-state index contributed by atoms with van der Waals surface area (Å²) in [6.45, 7) is 6.03. The van der Waals surface area contributed by atoms with Gasteiger partial charge in [-0.05, 0) is 57.9 Å². The molecule has 0 unspecified atom stereocenters. The highest BCUT2D eigenvalue weighted by atomic mass is 32.2. The summed E-state index contributed by atoms with van der Waals surface area (Å²) < 4.78 is 62.2. The molecule has 2 fully saturated rings. The predicted octanol–water partition coefficient (Wildman–Crippen LogP) is 3.82. The van der Waals surface area contributed by atoms with Crippen LogP contribution in [0.2, 0.25) is 0 Å². The van der Waals surface area contributed by atoms with Crippen molar-refractivity contribution in [3.63, 3.8) is 0 Å². The molecule has 14 heteroatoms. The van der Waals surface area contributed by atoms with Crippen LogP contribution in [0.3, 0.4) is 0 Å². The zero-order valence-electron chi connectivity index (χ0n) is 22.3. The first-order valence-corrected chi connectivity index (χ1v) is 14.3. The van der Waals surface area contributed by atoms with Gasteiger partial charge in [-0.1, -0.05) is 5.16 Å². The van der Waals surface area contributed by atoms with Gasteiger partial charge in [0.2, 0.25) is 0 Å². The second-order valence-electron chi connectivity index (χ2n) is 10.0. The van der Waals surface area contributed by atoms with E-state index in [0.29, 0.717) is 66.9 Å². The summed E-state index contributed by atoms with van der Waals surface area (Å²) >= 11 is 0. The van der Waals surface area contributed by atoms with Gasteiger partial charge in [-0.3, -0.25) is 0 Å². The van der Waals surface area contributed by atoms with Crippen molar-refractivity contribution in [2.24, 2.45) is 0 Å². The average Bonchev–Trinajstić information content (AvgIpc) is 3.68. The lowest BCUT2D eigenvalue weighted by atomic mass is 10.1. The molecule has 0 radical (unpaired) electrons. The van der Waals surface area contributed by atoms with Crippen LogP contribution in [0.4, 0.5) is 25.1 Å². The van der Waals surface area contributed by atoms with Gasteiger partial charge < -0.3 is 24.8 Å². The third kappa shape index (κ3) is 5.24. The van der Waals surface area contributed by atoms with Gasteiger partial charge in [-0.2, -0.15) is 0 Å². The van der Waals surface area contributed by atoms with Crippen molar-refractivity contribution in [1.29, 1.82) is 0 Å². The number of hydrogen-bond donors (Lipinski definition) is 2. The number of nitrogens with one attached hydrogen (secondary N) is 2. The van der Waals surface area contributed by atoms with Crippen LogP contribution in [0.1, 0.15) is 36.9 Å². The highest BCUT2D eigenvalue weighted by Gasteiger charge is 2.59. The van der Waals surface area contributed by atoms with E-state index < -0.39 is 33.6 Å². The number of amides is 2. The number of alkyl halides is 2. The number of aromatic nitrogens is 3. The van der Waals surface area contributed by atoms with Crippen LogP contribution in [0, 0.1) is 13.8 Å². The van der Waals surface area contributed by atoms with Gasteiger partial charge in [0.15, 0.2) is 21.4 Å². The number of hydrogen-bond acceptors (Lipinski definition) is 9. The molecule has 5 rings (SSSR count). The summed E-state index contributed by atoms with van der Waals surface area (Å²) in [6, 6.07) is 7.55. The standard InChI is InChI=1S/C26H30F2N6O5S/c1-15-14-38-11-10-34(15)22-12-20(26(8-9-26)40(36,37)23-16(2)33-39-17(23)3)31-24(32-22)18-4-6-19(7-5-18)30-25(35)29-13-21(27)28/h4-7,12,15,21H,8-11,13-14H2,1-3H3,(H2,29,30,35)/t15-/m0/s1. The maximum absolute atomic E-state index is 14.0. The molecule has 1 atom stereocenters. The highest BCUT2D eigenvalue weighted by Crippen LogP contribution is 2.56. The van der Waals surface area contributed by atoms with E-state index in [1.807, 2.05) is 6.92 Å². The van der Waals surface area contributed by atoms with Gasteiger partial charge in [0.25, 0.3) is 6.43 Å². The number of benzene rings is 1. The zero-order valence-corrected chi connectivity index (χ0v) is 23.1. The van der Waals surface area contributed by atoms with Crippen molar-refractivity contribution >= 4 is 27.4 Å². The van der Waals surface area contributed by atoms with Gasteiger partial charge in [0.1, 0.15) is 15.5 Å². The minimum absolute atomic E-state index is 0.0111. The fourth-order valence-corrected chi connectivity index (χ4v) is 7.14. The predicted molar refractivity (Wildman–Crippen MR) is 142 cm³/mol. The number of ether oxygens (including phenoxy) is 1. The second-order valence-corrected chi connectivity index (χ2v) is 12.2. The van der Waals surface area contributed by atoms with Gasteiger partial charge in [-0.25, -0.2) is 32.0 Å². The molecule has 11 nitrogen and oxygen atoms in total. The van der Waals surface area contributed by atoms with Gasteiger partial charge in [-0.15, -0.1) is 0 Å². The number of urea groups is 1. The molecule has 1 saturated heterocycles. The lowest BCUT2D eigenvalue weighted by Crippen LogP contribution is -2.44. The number of aryl methyl sites for hydroxylation is 2. The van der Waals surface area contributed by atoms with Crippen molar-refractivity contribution in [3.8, 4) is 11.4 Å². The van der Waals surface area contributed by atoms with Gasteiger partial charge in [0, 0.05) is 23.9 Å². The summed E-state index contributed by atoms with van der Waals surface area (Å²) in [5, 5.41) is 8.43. The number of morpholine rings is 1. The fraction of sp³-hybridized carbons (Fsp3) is 0.462. The van der Waals surface area contributed by atoms with E-state index >= 15 is 0 Å². The Hall–Kier alpha value is -3.65. The number of rotatable bonds is 8. The first-order chi connectivity index (χ1) is 19.0. The molecular formula is C26H30F2N6O5S. The summed E-state index contributed by atoms with van der Waals surface area (Å²) in [5.41, 5.74) is 1.67. The number of nitrogens with zero attached hydrogens (tertiary/aromatic N) is 4. The first kappa shape index (κ1) is 27.9. The molecule has 3 heterocycles. The second kappa shape index (κ2) is 10.7. The molecule has 0 bridgehead atoms. The molecular weight excluding hydrogens is 546 g/mol. The molecule has 1 aliphatic heterocycles. The molecule has 2 aromatic heterocycles. The monoisotopic (exact) mass is 576 g/mol. The van der Waals surface area contributed by atoms with E-state index in [9.17, 15) is 22.0 Å². The Bertz CT molecular complexity index is 1490. The van der Waals surface area contributed by atoms with Crippen molar-refractivity contribution < 1.29 is 31.3 Å². The summed E-state index contributed by atoms with van der Waals surface area (Å²) in [4.78, 5) is 23.6. The molecule has 2 N–H and O–H groups in total. The quantitative estimate of drug-likeness (QED) is 0.410. The Morgan fingerprint density at radius 2 is 1.93 bits per heavy atom. The summed E-state index contributed by atoms with van der Waals surface area (Å²) in [7, 11) is -3.89. The van der Waals surface area contributed by atoms with Crippen LogP contribution in [0.5, 0.6) is 0 Å². The third-order valence-corrected chi connectivity index (χ3v) is 9.88. The summed E-state index contributed by atoms with van der Waals surface area (Å²) in [5.74, 6) is 1.14. The minimum atomic E-state index is -3.89. The molecule has 0 spiro atoms. The van der Waals surface area contributed by atoms with E-state index in [1.165, 1.54) is 0 Å². The molecule has 2 aliphatic rings. The Balaban J connectivity index is 1.53. The molecule has 1 aromatic carbocycles. The Labute approximate surface area is 230 Å². The number of halogens is 2. The zero-order chi connectivity index (χ0) is 28.7. The van der Waals surface area contributed by atoms with E-state index in [4.69, 9.17) is 19.2 Å². The number of carbonyl (C=O) groups is 1. The minimum Gasteiger partial charge on any atom is -0.377 e. The van der Waals surface area contributed by atoms with Crippen LogP contribution in [-0.4, -0.2) is 68.3 Å². The van der Waals surface area contributed by atoms with Crippen LogP contribution in [0.25, 0.3) is 11.4 Å². The molecule has 40 heavy (non-hydrogen) atoms. The van der Waals surface area contributed by atoms with Crippen LogP contribution in [0.15, 0.2) is 39.8 Å². The van der Waals surface area contributed by atoms with Crippen molar-refractivity contribution in [1.82, 2.24) is 20.4 Å². The van der Waals surface area contributed by atoms with E-state index in [2.05, 4.69) is 20.7 Å². The Kier molecular flexibility index (Phi) is 7.48. The molecule has 1 aliphatic carbocycles. The Morgan fingerprint density at radius 1 is 1.20 bits per heavy atom. The molecule has 214 valence electrons. The maximum Gasteiger partial charge on any atom is 0.319 e. The van der Waals surface area contributed by atoms with Gasteiger partial charge >= 0.3 is 6.03 Å². The SMILES string of the molecule is Cc1noc(C)c1S(=O)(=O)C1(c2cc(N3CCOC[C@@H]3C)nc(-c3ccc(NC(=O)NCC(F)F)cc3)n2)CC1. The largest absolute Gasteiger partial charge is 0.377 e. The van der Waals surface area contributed by atoms with Crippen LogP contribution < -0.4 is 15.5 Å².